The van der Waals surface area contributed by atoms with Crippen LogP contribution in [0.1, 0.15) is 44.7 Å². The van der Waals surface area contributed by atoms with Gasteiger partial charge in [-0.3, -0.25) is 4.79 Å². The van der Waals surface area contributed by atoms with E-state index in [0.717, 1.165) is 24.8 Å². The smallest absolute Gasteiger partial charge is 0.213 e. The zero-order valence-corrected chi connectivity index (χ0v) is 12.7. The van der Waals surface area contributed by atoms with Crippen molar-refractivity contribution in [2.45, 2.75) is 47.0 Å². The van der Waals surface area contributed by atoms with E-state index in [4.69, 9.17) is 4.74 Å². The van der Waals surface area contributed by atoms with Gasteiger partial charge < -0.3 is 4.74 Å². The van der Waals surface area contributed by atoms with E-state index in [-0.39, 0.29) is 11.8 Å². The number of rotatable bonds is 7. The highest BCUT2D eigenvalue weighted by molar-refractivity contribution is 5.82. The van der Waals surface area contributed by atoms with Crippen LogP contribution in [0.15, 0.2) is 12.3 Å². The van der Waals surface area contributed by atoms with E-state index >= 15 is 0 Å². The molecule has 0 saturated heterocycles. The summed E-state index contributed by atoms with van der Waals surface area (Å²) in [7, 11) is 1.62. The van der Waals surface area contributed by atoms with E-state index in [2.05, 4.69) is 11.9 Å². The molecule has 19 heavy (non-hydrogen) atoms. The normalized spacial score (nSPS) is 13.9. The number of ether oxygens (including phenoxy) is 1. The van der Waals surface area contributed by atoms with Crippen molar-refractivity contribution in [1.82, 2.24) is 4.98 Å². The van der Waals surface area contributed by atoms with Crippen LogP contribution >= 0.6 is 0 Å². The SMILES string of the molecule is CCC(C)C(=O)C(C)CCc1cc(OC)ncc1C. The molecule has 0 aromatic carbocycles. The van der Waals surface area contributed by atoms with Gasteiger partial charge >= 0.3 is 0 Å². The minimum absolute atomic E-state index is 0.119. The van der Waals surface area contributed by atoms with E-state index in [1.165, 1.54) is 5.56 Å². The highest BCUT2D eigenvalue weighted by Crippen LogP contribution is 2.20. The summed E-state index contributed by atoms with van der Waals surface area (Å²) < 4.78 is 5.14. The maximum atomic E-state index is 12.1. The van der Waals surface area contributed by atoms with E-state index in [9.17, 15) is 4.79 Å². The first-order valence-corrected chi connectivity index (χ1v) is 7.02. The summed E-state index contributed by atoms with van der Waals surface area (Å²) in [6.07, 6.45) is 4.53. The number of methoxy groups -OCH3 is 1. The Morgan fingerprint density at radius 2 is 2.05 bits per heavy atom. The van der Waals surface area contributed by atoms with E-state index < -0.39 is 0 Å². The Bertz CT molecular complexity index is 429. The number of ketones is 1. The molecule has 0 bridgehead atoms. The number of aryl methyl sites for hydroxylation is 2. The maximum absolute atomic E-state index is 12.1. The number of aromatic nitrogens is 1. The fraction of sp³-hybridized carbons (Fsp3) is 0.625. The van der Waals surface area contributed by atoms with Crippen LogP contribution in [0.5, 0.6) is 5.88 Å². The van der Waals surface area contributed by atoms with Crippen molar-refractivity contribution >= 4 is 5.78 Å². The number of pyridine rings is 1. The number of carbonyl (C=O) groups excluding carboxylic acids is 1. The highest BCUT2D eigenvalue weighted by Gasteiger charge is 2.18. The first kappa shape index (κ1) is 15.7. The average molecular weight is 263 g/mol. The van der Waals surface area contributed by atoms with Crippen LogP contribution < -0.4 is 4.74 Å². The summed E-state index contributed by atoms with van der Waals surface area (Å²) in [6.45, 7) is 8.15. The predicted molar refractivity (Wildman–Crippen MR) is 77.5 cm³/mol. The number of hydrogen-bond acceptors (Lipinski definition) is 3. The van der Waals surface area contributed by atoms with E-state index in [1.807, 2.05) is 33.0 Å². The van der Waals surface area contributed by atoms with Crippen molar-refractivity contribution in [2.75, 3.05) is 7.11 Å². The topological polar surface area (TPSA) is 39.2 Å². The molecule has 1 aromatic heterocycles. The molecule has 0 fully saturated rings. The lowest BCUT2D eigenvalue weighted by Gasteiger charge is -2.15. The Balaban J connectivity index is 2.63. The molecule has 2 unspecified atom stereocenters. The molecule has 0 aliphatic carbocycles. The van der Waals surface area contributed by atoms with Crippen LogP contribution in [0, 0.1) is 18.8 Å². The molecule has 1 heterocycles. The zero-order valence-electron chi connectivity index (χ0n) is 12.7. The molecule has 0 saturated carbocycles. The van der Waals surface area contributed by atoms with Crippen LogP contribution in [0.4, 0.5) is 0 Å². The summed E-state index contributed by atoms with van der Waals surface area (Å²) in [5.74, 6) is 1.30. The lowest BCUT2D eigenvalue weighted by Crippen LogP contribution is -2.19. The molecule has 0 spiro atoms. The third kappa shape index (κ3) is 4.34. The molecule has 0 amide bonds. The van der Waals surface area contributed by atoms with Crippen molar-refractivity contribution in [3.05, 3.63) is 23.4 Å². The minimum atomic E-state index is 0.119. The first-order chi connectivity index (χ1) is 8.99. The summed E-state index contributed by atoms with van der Waals surface area (Å²) in [4.78, 5) is 16.2. The van der Waals surface area contributed by atoms with E-state index in [1.54, 1.807) is 7.11 Å². The molecule has 1 aromatic rings. The molecule has 1 rings (SSSR count). The van der Waals surface area contributed by atoms with Gasteiger partial charge in [0.2, 0.25) is 5.88 Å². The van der Waals surface area contributed by atoms with Crippen molar-refractivity contribution in [3.63, 3.8) is 0 Å². The number of nitrogens with zero attached hydrogens (tertiary/aromatic N) is 1. The fourth-order valence-electron chi connectivity index (χ4n) is 2.13. The van der Waals surface area contributed by atoms with Gasteiger partial charge in [0.15, 0.2) is 0 Å². The van der Waals surface area contributed by atoms with Gasteiger partial charge in [0.25, 0.3) is 0 Å². The van der Waals surface area contributed by atoms with Crippen molar-refractivity contribution in [2.24, 2.45) is 11.8 Å². The Morgan fingerprint density at radius 1 is 1.37 bits per heavy atom. The van der Waals surface area contributed by atoms with Gasteiger partial charge in [-0.25, -0.2) is 4.98 Å². The molecule has 3 heteroatoms. The summed E-state index contributed by atoms with van der Waals surface area (Å²) in [5, 5.41) is 0. The lowest BCUT2D eigenvalue weighted by molar-refractivity contribution is -0.126. The van der Waals surface area contributed by atoms with Gasteiger partial charge in [-0.2, -0.15) is 0 Å². The van der Waals surface area contributed by atoms with Crippen molar-refractivity contribution in [1.29, 1.82) is 0 Å². The van der Waals surface area contributed by atoms with E-state index in [0.29, 0.717) is 11.7 Å². The molecule has 0 aliphatic heterocycles. The van der Waals surface area contributed by atoms with Crippen molar-refractivity contribution < 1.29 is 9.53 Å². The second kappa shape index (κ2) is 7.27. The quantitative estimate of drug-likeness (QED) is 0.754. The zero-order chi connectivity index (χ0) is 14.4. The van der Waals surface area contributed by atoms with Crippen molar-refractivity contribution in [3.8, 4) is 5.88 Å². The molecule has 3 nitrogen and oxygen atoms in total. The largest absolute Gasteiger partial charge is 0.481 e. The van der Waals surface area contributed by atoms with Crippen LogP contribution in [0.3, 0.4) is 0 Å². The van der Waals surface area contributed by atoms with Crippen LogP contribution in [-0.2, 0) is 11.2 Å². The Kier molecular flexibility index (Phi) is 6.00. The average Bonchev–Trinajstić information content (AvgIpc) is 2.44. The monoisotopic (exact) mass is 263 g/mol. The molecular formula is C16H25NO2. The van der Waals surface area contributed by atoms with Crippen LogP contribution in [0.2, 0.25) is 0 Å². The lowest BCUT2D eigenvalue weighted by atomic mass is 9.89. The molecule has 0 aliphatic rings. The number of carbonyl (C=O) groups is 1. The van der Waals surface area contributed by atoms with Gasteiger partial charge in [-0.15, -0.1) is 0 Å². The molecule has 0 radical (unpaired) electrons. The second-order valence-electron chi connectivity index (χ2n) is 5.30. The predicted octanol–water partition coefficient (Wildman–Crippen LogP) is 3.58. The molecule has 2 atom stereocenters. The molecule has 106 valence electrons. The van der Waals surface area contributed by atoms with Gasteiger partial charge in [-0.05, 0) is 37.3 Å². The summed E-state index contributed by atoms with van der Waals surface area (Å²) in [6, 6.07) is 1.97. The minimum Gasteiger partial charge on any atom is -0.481 e. The summed E-state index contributed by atoms with van der Waals surface area (Å²) in [5.41, 5.74) is 2.37. The van der Waals surface area contributed by atoms with Gasteiger partial charge in [0, 0.05) is 24.1 Å². The van der Waals surface area contributed by atoms with Gasteiger partial charge in [-0.1, -0.05) is 20.8 Å². The second-order valence-corrected chi connectivity index (χ2v) is 5.30. The Labute approximate surface area is 116 Å². The fourth-order valence-corrected chi connectivity index (χ4v) is 2.13. The highest BCUT2D eigenvalue weighted by atomic mass is 16.5. The third-order valence-corrected chi connectivity index (χ3v) is 3.83. The number of Topliss-reactive ketones (excluding diaryl/α,β-unsaturated/α-hetero) is 1. The first-order valence-electron chi connectivity index (χ1n) is 7.02. The maximum Gasteiger partial charge on any atom is 0.213 e. The molecular weight excluding hydrogens is 238 g/mol. The van der Waals surface area contributed by atoms with Gasteiger partial charge in [0.1, 0.15) is 5.78 Å². The number of hydrogen-bond donors (Lipinski definition) is 0. The third-order valence-electron chi connectivity index (χ3n) is 3.83. The Morgan fingerprint density at radius 3 is 2.63 bits per heavy atom. The van der Waals surface area contributed by atoms with Gasteiger partial charge in [0.05, 0.1) is 7.11 Å². The summed E-state index contributed by atoms with van der Waals surface area (Å²) >= 11 is 0. The van der Waals surface area contributed by atoms with Crippen LogP contribution in [-0.4, -0.2) is 17.9 Å². The van der Waals surface area contributed by atoms with Crippen LogP contribution in [0.25, 0.3) is 0 Å². The standard InChI is InChI=1S/C16H25NO2/c1-6-11(2)16(18)12(3)7-8-14-9-15(19-5)17-10-13(14)4/h9-12H,6-8H2,1-5H3. The molecule has 0 N–H and O–H groups in total. The Hall–Kier alpha value is -1.38.